The van der Waals surface area contributed by atoms with Crippen molar-refractivity contribution in [3.05, 3.63) is 112 Å². The van der Waals surface area contributed by atoms with Gasteiger partial charge in [0.05, 0.1) is 16.6 Å². The summed E-state index contributed by atoms with van der Waals surface area (Å²) in [7, 11) is 0. The van der Waals surface area contributed by atoms with E-state index >= 15 is 0 Å². The molecule has 0 aliphatic heterocycles. The summed E-state index contributed by atoms with van der Waals surface area (Å²) < 4.78 is 47.3. The number of primary amides is 1. The molecule has 0 aliphatic carbocycles. The zero-order chi connectivity index (χ0) is 35.3. The molecule has 14 heteroatoms. The monoisotopic (exact) mass is 691 g/mol. The van der Waals surface area contributed by atoms with E-state index in [9.17, 15) is 22.8 Å². The Kier molecular flexibility index (Phi) is 10.4. The summed E-state index contributed by atoms with van der Waals surface area (Å²) in [4.78, 5) is 30.9. The van der Waals surface area contributed by atoms with Gasteiger partial charge in [-0.25, -0.2) is 4.98 Å². The Morgan fingerprint density at radius 1 is 0.980 bits per heavy atom. The van der Waals surface area contributed by atoms with Crippen LogP contribution in [0, 0.1) is 12.3 Å². The minimum Gasteiger partial charge on any atom is -0.457 e. The second-order valence-electron chi connectivity index (χ2n) is 11.4. The maximum Gasteiger partial charge on any atom is 0.416 e. The molecule has 4 aromatic carbocycles. The number of aryl methyl sites for hydroxylation is 1. The van der Waals surface area contributed by atoms with Gasteiger partial charge in [0, 0.05) is 29.2 Å². The van der Waals surface area contributed by atoms with Gasteiger partial charge in [-0.15, -0.1) is 0 Å². The molecule has 1 aromatic heterocycles. The highest BCUT2D eigenvalue weighted by Crippen LogP contribution is 2.34. The number of hydrogen-bond donors (Lipinski definition) is 5. The molecule has 0 radical (unpaired) electrons. The van der Waals surface area contributed by atoms with E-state index in [0.717, 1.165) is 17.7 Å². The van der Waals surface area contributed by atoms with Crippen LogP contribution >= 0.6 is 11.6 Å². The number of carbonyl (C=O) groups excluding carboxylic acids is 2. The Labute approximate surface area is 284 Å². The van der Waals surface area contributed by atoms with Crippen LogP contribution in [-0.2, 0) is 17.5 Å². The first-order valence-electron chi connectivity index (χ1n) is 15.2. The van der Waals surface area contributed by atoms with Gasteiger partial charge in [0.2, 0.25) is 5.91 Å². The summed E-state index contributed by atoms with van der Waals surface area (Å²) in [6.45, 7) is 2.10. The quantitative estimate of drug-likeness (QED) is 0.0556. The van der Waals surface area contributed by atoms with E-state index in [1.807, 2.05) is 19.1 Å². The second kappa shape index (κ2) is 14.7. The molecule has 0 bridgehead atoms. The van der Waals surface area contributed by atoms with Crippen molar-refractivity contribution in [2.24, 2.45) is 11.5 Å². The zero-order valence-corrected chi connectivity index (χ0v) is 27.0. The highest BCUT2D eigenvalue weighted by atomic mass is 35.5. The smallest absolute Gasteiger partial charge is 0.416 e. The number of rotatable bonds is 12. The number of carbonyl (C=O) groups is 2. The third kappa shape index (κ3) is 8.68. The van der Waals surface area contributed by atoms with Gasteiger partial charge in [-0.2, -0.15) is 13.2 Å². The maximum absolute atomic E-state index is 13.2. The van der Waals surface area contributed by atoms with Crippen LogP contribution in [0.15, 0.2) is 84.9 Å². The Balaban J connectivity index is 1.50. The molecule has 10 nitrogen and oxygen atoms in total. The lowest BCUT2D eigenvalue weighted by atomic mass is 10.1. The van der Waals surface area contributed by atoms with Crippen LogP contribution in [-0.4, -0.2) is 33.9 Å². The largest absolute Gasteiger partial charge is 0.457 e. The number of hydrogen-bond acceptors (Lipinski definition) is 5. The van der Waals surface area contributed by atoms with Crippen molar-refractivity contribution >= 4 is 40.4 Å². The number of nitrogens with two attached hydrogens (primary N) is 2. The first-order valence-corrected chi connectivity index (χ1v) is 15.6. The minimum atomic E-state index is -4.51. The van der Waals surface area contributed by atoms with Crippen molar-refractivity contribution in [3.8, 4) is 22.9 Å². The lowest BCUT2D eigenvalue weighted by Gasteiger charge is -2.20. The average molecular weight is 692 g/mol. The van der Waals surface area contributed by atoms with Crippen molar-refractivity contribution in [2.45, 2.75) is 38.5 Å². The highest BCUT2D eigenvalue weighted by Gasteiger charge is 2.30. The topological polar surface area (TPSA) is 161 Å². The molecular formula is C35H33ClF3N7O3. The fourth-order valence-corrected chi connectivity index (χ4v) is 5.69. The molecule has 5 rings (SSSR count). The van der Waals surface area contributed by atoms with Gasteiger partial charge in [0.15, 0.2) is 5.96 Å². The van der Waals surface area contributed by atoms with Crippen molar-refractivity contribution in [2.75, 3.05) is 6.54 Å². The fourth-order valence-electron chi connectivity index (χ4n) is 5.41. The molecule has 5 aromatic rings. The van der Waals surface area contributed by atoms with Crippen LogP contribution in [0.2, 0.25) is 5.02 Å². The summed E-state index contributed by atoms with van der Waals surface area (Å²) in [5, 5.41) is 13.3. The number of ether oxygens (including phenoxy) is 1. The molecule has 0 saturated carbocycles. The summed E-state index contributed by atoms with van der Waals surface area (Å²) in [5.74, 6) is 0.0538. The average Bonchev–Trinajstić information content (AvgIpc) is 3.41. The van der Waals surface area contributed by atoms with E-state index in [-0.39, 0.29) is 30.1 Å². The second-order valence-corrected chi connectivity index (χ2v) is 11.8. The number of amides is 2. The lowest BCUT2D eigenvalue weighted by molar-refractivity contribution is -0.137. The summed E-state index contributed by atoms with van der Waals surface area (Å²) >= 11 is 6.22. The lowest BCUT2D eigenvalue weighted by Crippen LogP contribution is -2.32. The first-order chi connectivity index (χ1) is 23.3. The summed E-state index contributed by atoms with van der Waals surface area (Å²) in [6, 6.07) is 21.0. The van der Waals surface area contributed by atoms with Gasteiger partial charge in [-0.1, -0.05) is 35.9 Å². The van der Waals surface area contributed by atoms with Gasteiger partial charge in [0.25, 0.3) is 5.91 Å². The first kappa shape index (κ1) is 34.8. The third-order valence-electron chi connectivity index (χ3n) is 7.61. The molecule has 1 heterocycles. The van der Waals surface area contributed by atoms with Crippen molar-refractivity contribution in [1.29, 1.82) is 5.41 Å². The van der Waals surface area contributed by atoms with Crippen molar-refractivity contribution in [3.63, 3.8) is 0 Å². The molecule has 0 aliphatic rings. The van der Waals surface area contributed by atoms with Crippen LogP contribution in [0.4, 0.5) is 13.2 Å². The predicted molar refractivity (Wildman–Crippen MR) is 181 cm³/mol. The number of guanidine groups is 1. The molecule has 0 unspecified atom stereocenters. The number of fused-ring (bicyclic) bond motifs is 1. The van der Waals surface area contributed by atoms with Gasteiger partial charge >= 0.3 is 6.18 Å². The molecular weight excluding hydrogens is 659 g/mol. The highest BCUT2D eigenvalue weighted by molar-refractivity contribution is 6.30. The molecule has 0 fully saturated rings. The predicted octanol–water partition coefficient (Wildman–Crippen LogP) is 6.70. The summed E-state index contributed by atoms with van der Waals surface area (Å²) in [6.07, 6.45) is -3.78. The third-order valence-corrected chi connectivity index (χ3v) is 7.83. The SMILES string of the molecule is Cc1cc(Cl)cc(Oc2cccc(-c3nc4cc(C(=O)NCc5cccc(C(F)(F)F)c5)ccc4n3[C@@H](CCCNC(=N)N)C(N)=O)c2)c1. The zero-order valence-electron chi connectivity index (χ0n) is 26.3. The van der Waals surface area contributed by atoms with Crippen LogP contribution < -0.4 is 26.8 Å². The van der Waals surface area contributed by atoms with Gasteiger partial charge in [-0.05, 0) is 91.6 Å². The van der Waals surface area contributed by atoms with E-state index < -0.39 is 29.6 Å². The van der Waals surface area contributed by atoms with E-state index in [0.29, 0.717) is 51.9 Å². The Hall–Kier alpha value is -5.56. The molecule has 254 valence electrons. The number of nitrogens with one attached hydrogen (secondary N) is 3. The van der Waals surface area contributed by atoms with Crippen molar-refractivity contribution in [1.82, 2.24) is 20.2 Å². The molecule has 7 N–H and O–H groups in total. The normalized spacial score (nSPS) is 12.0. The van der Waals surface area contributed by atoms with Crippen LogP contribution in [0.25, 0.3) is 22.4 Å². The van der Waals surface area contributed by atoms with E-state index in [1.54, 1.807) is 53.1 Å². The Morgan fingerprint density at radius 3 is 2.47 bits per heavy atom. The van der Waals surface area contributed by atoms with E-state index in [4.69, 9.17) is 38.2 Å². The number of imidazole rings is 1. The fraction of sp³-hybridized carbons (Fsp3) is 0.200. The number of halogens is 4. The molecule has 0 spiro atoms. The number of benzene rings is 4. The van der Waals surface area contributed by atoms with Gasteiger partial charge in [-0.3, -0.25) is 15.0 Å². The van der Waals surface area contributed by atoms with E-state index in [2.05, 4.69) is 10.6 Å². The Morgan fingerprint density at radius 2 is 1.76 bits per heavy atom. The number of aromatic nitrogens is 2. The van der Waals surface area contributed by atoms with E-state index in [1.165, 1.54) is 12.1 Å². The van der Waals surface area contributed by atoms with Gasteiger partial charge in [0.1, 0.15) is 23.4 Å². The molecule has 2 amide bonds. The van der Waals surface area contributed by atoms with Crippen LogP contribution in [0.1, 0.15) is 45.9 Å². The Bertz CT molecular complexity index is 2010. The number of nitrogens with zero attached hydrogens (tertiary/aromatic N) is 2. The molecule has 1 atom stereocenters. The maximum atomic E-state index is 13.2. The van der Waals surface area contributed by atoms with Gasteiger partial charge < -0.3 is 31.4 Å². The minimum absolute atomic E-state index is 0.128. The summed E-state index contributed by atoms with van der Waals surface area (Å²) in [5.41, 5.74) is 13.4. The van der Waals surface area contributed by atoms with Crippen molar-refractivity contribution < 1.29 is 27.5 Å². The van der Waals surface area contributed by atoms with Crippen LogP contribution in [0.5, 0.6) is 11.5 Å². The standard InChI is InChI=1S/C35H33ClF3N7O3/c1-20-13-25(36)18-27(14-20)49-26-8-3-6-22(16-26)32-45-28-17-23(33(48)44-19-21-5-2-7-24(15-21)35(37,38)39)10-11-29(28)46(32)30(31(40)47)9-4-12-43-34(41)42/h2-3,5-8,10-11,13-18,30H,4,9,12,19H2,1H3,(H2,40,47)(H,44,48)(H4,41,42,43)/t30-/m0/s1. The molecule has 0 saturated heterocycles. The van der Waals surface area contributed by atoms with Crippen LogP contribution in [0.3, 0.4) is 0 Å². The molecule has 49 heavy (non-hydrogen) atoms. The number of alkyl halides is 3.